The molecule has 2 aromatic carbocycles. The summed E-state index contributed by atoms with van der Waals surface area (Å²) in [6, 6.07) is 11.6. The molecule has 8 nitrogen and oxygen atoms in total. The lowest BCUT2D eigenvalue weighted by atomic mass is 9.97. The maximum Gasteiger partial charge on any atom is 0.291 e. The Hall–Kier alpha value is -4.20. The minimum atomic E-state index is -0.748. The van der Waals surface area contributed by atoms with Gasteiger partial charge in [0.1, 0.15) is 11.3 Å². The van der Waals surface area contributed by atoms with Gasteiger partial charge in [0.2, 0.25) is 11.5 Å². The van der Waals surface area contributed by atoms with Crippen molar-refractivity contribution in [2.24, 2.45) is 0 Å². The normalized spacial score (nSPS) is 15.0. The maximum atomic E-state index is 13.7. The molecule has 0 bridgehead atoms. The first-order chi connectivity index (χ1) is 16.5. The number of carbonyl (C=O) groups excluding carboxylic acids is 1. The van der Waals surface area contributed by atoms with Crippen LogP contribution in [0, 0.1) is 6.92 Å². The summed E-state index contributed by atoms with van der Waals surface area (Å²) in [5.41, 5.74) is 1.91. The van der Waals surface area contributed by atoms with Gasteiger partial charge in [-0.2, -0.15) is 0 Å². The lowest BCUT2D eigenvalue weighted by Gasteiger charge is -2.25. The number of ether oxygens (including phenoxy) is 3. The lowest BCUT2D eigenvalue weighted by molar-refractivity contribution is 0.0701. The van der Waals surface area contributed by atoms with Crippen LogP contribution in [-0.4, -0.2) is 32.1 Å². The molecule has 0 aliphatic carbocycles. The number of hydrogen-bond acceptors (Lipinski definition) is 7. The molecular weight excluding hydrogens is 438 g/mol. The van der Waals surface area contributed by atoms with Gasteiger partial charge in [0.05, 0.1) is 51.1 Å². The Labute approximate surface area is 195 Å². The summed E-state index contributed by atoms with van der Waals surface area (Å²) >= 11 is 0. The van der Waals surface area contributed by atoms with Crippen molar-refractivity contribution in [3.63, 3.8) is 0 Å². The van der Waals surface area contributed by atoms with Crippen molar-refractivity contribution >= 4 is 16.9 Å². The van der Waals surface area contributed by atoms with Crippen LogP contribution in [0.1, 0.15) is 39.0 Å². The van der Waals surface area contributed by atoms with E-state index in [1.54, 1.807) is 41.3 Å². The van der Waals surface area contributed by atoms with Gasteiger partial charge in [-0.1, -0.05) is 11.6 Å². The summed E-state index contributed by atoms with van der Waals surface area (Å²) in [5.74, 6) is 1.44. The molecule has 0 radical (unpaired) electrons. The second kappa shape index (κ2) is 8.30. The third kappa shape index (κ3) is 3.30. The molecule has 8 heteroatoms. The fraction of sp³-hybridized carbons (Fsp3) is 0.231. The number of furan rings is 1. The Bertz CT molecular complexity index is 1430. The van der Waals surface area contributed by atoms with Gasteiger partial charge < -0.3 is 27.9 Å². The van der Waals surface area contributed by atoms with Crippen LogP contribution in [0.25, 0.3) is 11.0 Å². The zero-order chi connectivity index (χ0) is 24.0. The van der Waals surface area contributed by atoms with E-state index >= 15 is 0 Å². The third-order valence-corrected chi connectivity index (χ3v) is 6.03. The molecule has 5 rings (SSSR count). The van der Waals surface area contributed by atoms with E-state index < -0.39 is 11.9 Å². The second-order valence-electron chi connectivity index (χ2n) is 8.05. The summed E-state index contributed by atoms with van der Waals surface area (Å²) in [7, 11) is 4.54. The van der Waals surface area contributed by atoms with Gasteiger partial charge in [0, 0.05) is 0 Å². The minimum Gasteiger partial charge on any atom is -0.493 e. The van der Waals surface area contributed by atoms with Crippen LogP contribution in [0.2, 0.25) is 0 Å². The van der Waals surface area contributed by atoms with Crippen LogP contribution in [0.5, 0.6) is 17.2 Å². The Morgan fingerprint density at radius 1 is 0.971 bits per heavy atom. The highest BCUT2D eigenvalue weighted by Gasteiger charge is 2.43. The van der Waals surface area contributed by atoms with E-state index in [1.165, 1.54) is 27.6 Å². The van der Waals surface area contributed by atoms with Gasteiger partial charge in [-0.3, -0.25) is 9.59 Å². The SMILES string of the molecule is COc1cc([C@H]2c3c(oc4ccc(C)cc4c3=O)C(=O)N2Cc2ccco2)cc(OC)c1OC. The van der Waals surface area contributed by atoms with Gasteiger partial charge in [-0.15, -0.1) is 0 Å². The lowest BCUT2D eigenvalue weighted by Crippen LogP contribution is -2.29. The van der Waals surface area contributed by atoms with Gasteiger partial charge >= 0.3 is 0 Å². The molecule has 0 saturated carbocycles. The highest BCUT2D eigenvalue weighted by atomic mass is 16.5. The third-order valence-electron chi connectivity index (χ3n) is 6.03. The van der Waals surface area contributed by atoms with Gasteiger partial charge in [-0.05, 0) is 48.9 Å². The Morgan fingerprint density at radius 3 is 2.32 bits per heavy atom. The summed E-state index contributed by atoms with van der Waals surface area (Å²) in [4.78, 5) is 28.9. The Morgan fingerprint density at radius 2 is 1.71 bits per heavy atom. The van der Waals surface area contributed by atoms with Crippen molar-refractivity contribution in [3.05, 3.63) is 87.2 Å². The molecule has 1 aliphatic heterocycles. The zero-order valence-corrected chi connectivity index (χ0v) is 19.2. The molecule has 3 heterocycles. The fourth-order valence-corrected chi connectivity index (χ4v) is 4.47. The predicted octanol–water partition coefficient (Wildman–Crippen LogP) is 4.47. The van der Waals surface area contributed by atoms with Crippen molar-refractivity contribution < 1.29 is 27.8 Å². The number of nitrogens with zero attached hydrogens (tertiary/aromatic N) is 1. The van der Waals surface area contributed by atoms with Gasteiger partial charge in [-0.25, -0.2) is 0 Å². The molecule has 0 unspecified atom stereocenters. The molecule has 0 fully saturated rings. The number of aryl methyl sites for hydroxylation is 1. The predicted molar refractivity (Wildman–Crippen MR) is 124 cm³/mol. The zero-order valence-electron chi connectivity index (χ0n) is 19.2. The van der Waals surface area contributed by atoms with Crippen LogP contribution in [-0.2, 0) is 6.54 Å². The largest absolute Gasteiger partial charge is 0.493 e. The van der Waals surface area contributed by atoms with E-state index in [0.29, 0.717) is 39.5 Å². The maximum absolute atomic E-state index is 13.7. The number of rotatable bonds is 6. The number of amides is 1. The van der Waals surface area contributed by atoms with Crippen LogP contribution >= 0.6 is 0 Å². The minimum absolute atomic E-state index is 0.0201. The van der Waals surface area contributed by atoms with Gasteiger partial charge in [0.15, 0.2) is 16.9 Å². The number of benzene rings is 2. The smallest absolute Gasteiger partial charge is 0.291 e. The van der Waals surface area contributed by atoms with E-state index in [1.807, 2.05) is 13.0 Å². The summed E-state index contributed by atoms with van der Waals surface area (Å²) in [6.07, 6.45) is 1.54. The number of hydrogen-bond donors (Lipinski definition) is 0. The molecule has 0 spiro atoms. The first kappa shape index (κ1) is 21.6. The second-order valence-corrected chi connectivity index (χ2v) is 8.05. The molecule has 174 valence electrons. The topological polar surface area (TPSA) is 91.4 Å². The number of carbonyl (C=O) groups is 1. The van der Waals surface area contributed by atoms with Crippen LogP contribution in [0.4, 0.5) is 0 Å². The fourth-order valence-electron chi connectivity index (χ4n) is 4.47. The average Bonchev–Trinajstić information content (AvgIpc) is 3.46. The summed E-state index contributed by atoms with van der Waals surface area (Å²) in [6.45, 7) is 2.04. The molecule has 1 aliphatic rings. The van der Waals surface area contributed by atoms with E-state index in [4.69, 9.17) is 23.0 Å². The molecule has 34 heavy (non-hydrogen) atoms. The molecule has 1 atom stereocenters. The highest BCUT2D eigenvalue weighted by Crippen LogP contribution is 2.45. The Balaban J connectivity index is 1.78. The summed E-state index contributed by atoms with van der Waals surface area (Å²) < 4.78 is 28.0. The van der Waals surface area contributed by atoms with Crippen LogP contribution in [0.15, 0.2) is 62.4 Å². The molecule has 1 amide bonds. The first-order valence-electron chi connectivity index (χ1n) is 10.7. The Kier molecular flexibility index (Phi) is 5.28. The van der Waals surface area contributed by atoms with E-state index in [-0.39, 0.29) is 23.3 Å². The average molecular weight is 461 g/mol. The van der Waals surface area contributed by atoms with E-state index in [2.05, 4.69) is 0 Å². The highest BCUT2D eigenvalue weighted by molar-refractivity contribution is 5.99. The van der Waals surface area contributed by atoms with Crippen molar-refractivity contribution in [1.29, 1.82) is 0 Å². The van der Waals surface area contributed by atoms with Gasteiger partial charge in [0.25, 0.3) is 5.91 Å². The standard InChI is InChI=1S/C26H23NO7/c1-14-7-8-18-17(10-14)23(28)21-22(15-11-19(30-2)24(32-4)20(12-15)31-3)27(26(29)25(21)34-18)13-16-6-5-9-33-16/h5-12,22H,13H2,1-4H3/t22-/m0/s1. The van der Waals surface area contributed by atoms with Crippen LogP contribution in [0.3, 0.4) is 0 Å². The summed E-state index contributed by atoms with van der Waals surface area (Å²) in [5, 5.41) is 0.420. The van der Waals surface area contributed by atoms with E-state index in [9.17, 15) is 9.59 Å². The number of fused-ring (bicyclic) bond motifs is 2. The van der Waals surface area contributed by atoms with Crippen LogP contribution < -0.4 is 19.6 Å². The molecular formula is C26H23NO7. The molecule has 4 aromatic rings. The molecule has 0 N–H and O–H groups in total. The monoisotopic (exact) mass is 461 g/mol. The van der Waals surface area contributed by atoms with Crippen molar-refractivity contribution in [1.82, 2.24) is 4.90 Å². The van der Waals surface area contributed by atoms with E-state index in [0.717, 1.165) is 5.56 Å². The van der Waals surface area contributed by atoms with Crippen molar-refractivity contribution in [2.75, 3.05) is 21.3 Å². The quantitative estimate of drug-likeness (QED) is 0.418. The molecule has 2 aromatic heterocycles. The van der Waals surface area contributed by atoms with Crippen molar-refractivity contribution in [2.45, 2.75) is 19.5 Å². The van der Waals surface area contributed by atoms with Crippen molar-refractivity contribution in [3.8, 4) is 17.2 Å². The first-order valence-corrected chi connectivity index (χ1v) is 10.7. The number of methoxy groups -OCH3 is 3. The molecule has 0 saturated heterocycles.